The van der Waals surface area contributed by atoms with E-state index in [9.17, 15) is 5.11 Å². The first-order chi connectivity index (χ1) is 11.6. The highest BCUT2D eigenvalue weighted by Gasteiger charge is 2.14. The van der Waals surface area contributed by atoms with Crippen LogP contribution in [0.3, 0.4) is 0 Å². The lowest BCUT2D eigenvalue weighted by molar-refractivity contribution is 0.131. The molecule has 2 aromatic carbocycles. The van der Waals surface area contributed by atoms with E-state index in [1.165, 1.54) is 11.1 Å². The van der Waals surface area contributed by atoms with Gasteiger partial charge in [0, 0.05) is 6.04 Å². The molecule has 2 rings (SSSR count). The van der Waals surface area contributed by atoms with Gasteiger partial charge in [0.05, 0.1) is 6.10 Å². The first kappa shape index (κ1) is 18.5. The van der Waals surface area contributed by atoms with Gasteiger partial charge in [-0.1, -0.05) is 49.7 Å². The van der Waals surface area contributed by atoms with Gasteiger partial charge >= 0.3 is 0 Å². The van der Waals surface area contributed by atoms with Crippen LogP contribution in [0.5, 0.6) is 5.75 Å². The average molecular weight is 327 g/mol. The summed E-state index contributed by atoms with van der Waals surface area (Å²) in [6.07, 6.45) is 2.98. The van der Waals surface area contributed by atoms with Crippen LogP contribution >= 0.6 is 0 Å². The van der Waals surface area contributed by atoms with Crippen LogP contribution in [0.1, 0.15) is 42.9 Å². The highest BCUT2D eigenvalue weighted by Crippen LogP contribution is 2.20. The van der Waals surface area contributed by atoms with Crippen molar-refractivity contribution in [2.24, 2.45) is 5.73 Å². The van der Waals surface area contributed by atoms with Gasteiger partial charge in [0.2, 0.25) is 0 Å². The third kappa shape index (κ3) is 5.66. The fourth-order valence-corrected chi connectivity index (χ4v) is 2.82. The summed E-state index contributed by atoms with van der Waals surface area (Å²) in [6, 6.07) is 16.2. The Morgan fingerprint density at radius 2 is 1.83 bits per heavy atom. The zero-order chi connectivity index (χ0) is 17.4. The maximum Gasteiger partial charge on any atom is 0.120 e. The molecule has 0 fully saturated rings. The maximum atomic E-state index is 10.1. The number of hydrogen-bond donors (Lipinski definition) is 2. The van der Waals surface area contributed by atoms with Gasteiger partial charge in [-0.2, -0.15) is 0 Å². The standard InChI is InChI=1S/C21H29NO2/c1-3-7-20(22)21(23)13-11-18-10-12-19(14-16(18)2)24-15-17-8-5-4-6-9-17/h4-6,8-10,12,14,20-21,23H,3,7,11,13,15,22H2,1-2H3. The number of hydrogen-bond acceptors (Lipinski definition) is 3. The largest absolute Gasteiger partial charge is 0.489 e. The van der Waals surface area contributed by atoms with Crippen molar-refractivity contribution in [3.8, 4) is 5.75 Å². The van der Waals surface area contributed by atoms with Crippen LogP contribution in [0, 0.1) is 6.92 Å². The number of aliphatic hydroxyl groups is 1. The summed E-state index contributed by atoms with van der Waals surface area (Å²) in [5.74, 6) is 0.878. The topological polar surface area (TPSA) is 55.5 Å². The predicted molar refractivity (Wildman–Crippen MR) is 99.2 cm³/mol. The molecular formula is C21H29NO2. The summed E-state index contributed by atoms with van der Waals surface area (Å²) in [6.45, 7) is 4.75. The van der Waals surface area contributed by atoms with Crippen LogP contribution in [0.4, 0.5) is 0 Å². The number of benzene rings is 2. The van der Waals surface area contributed by atoms with E-state index in [4.69, 9.17) is 10.5 Å². The van der Waals surface area contributed by atoms with E-state index in [2.05, 4.69) is 38.1 Å². The molecule has 0 aromatic heterocycles. The van der Waals surface area contributed by atoms with Gasteiger partial charge < -0.3 is 15.6 Å². The van der Waals surface area contributed by atoms with E-state index >= 15 is 0 Å². The van der Waals surface area contributed by atoms with Crippen molar-refractivity contribution in [2.45, 2.75) is 58.3 Å². The fourth-order valence-electron chi connectivity index (χ4n) is 2.82. The van der Waals surface area contributed by atoms with E-state index in [1.807, 2.05) is 24.3 Å². The second-order valence-corrected chi connectivity index (χ2v) is 6.42. The minimum absolute atomic E-state index is 0.121. The van der Waals surface area contributed by atoms with E-state index in [-0.39, 0.29) is 6.04 Å². The van der Waals surface area contributed by atoms with Crippen LogP contribution < -0.4 is 10.5 Å². The Hall–Kier alpha value is -1.84. The first-order valence-electron chi connectivity index (χ1n) is 8.80. The zero-order valence-electron chi connectivity index (χ0n) is 14.7. The SMILES string of the molecule is CCCC(N)C(O)CCc1ccc(OCc2ccccc2)cc1C. The summed E-state index contributed by atoms with van der Waals surface area (Å²) < 4.78 is 5.85. The lowest BCUT2D eigenvalue weighted by Crippen LogP contribution is -2.34. The van der Waals surface area contributed by atoms with Crippen molar-refractivity contribution < 1.29 is 9.84 Å². The molecule has 0 aliphatic rings. The smallest absolute Gasteiger partial charge is 0.120 e. The van der Waals surface area contributed by atoms with Crippen LogP contribution in [-0.4, -0.2) is 17.3 Å². The van der Waals surface area contributed by atoms with Gasteiger partial charge in [0.25, 0.3) is 0 Å². The second-order valence-electron chi connectivity index (χ2n) is 6.42. The fraction of sp³-hybridized carbons (Fsp3) is 0.429. The molecule has 0 saturated heterocycles. The third-order valence-electron chi connectivity index (χ3n) is 4.39. The molecule has 0 radical (unpaired) electrons. The molecule has 0 aliphatic heterocycles. The Morgan fingerprint density at radius 3 is 2.50 bits per heavy atom. The Labute approximate surface area is 145 Å². The van der Waals surface area contributed by atoms with Crippen molar-refractivity contribution in [1.29, 1.82) is 0 Å². The van der Waals surface area contributed by atoms with Gasteiger partial charge in [-0.15, -0.1) is 0 Å². The molecule has 24 heavy (non-hydrogen) atoms. The van der Waals surface area contributed by atoms with Gasteiger partial charge in [0.1, 0.15) is 12.4 Å². The Bertz CT molecular complexity index is 612. The van der Waals surface area contributed by atoms with Crippen molar-refractivity contribution in [3.63, 3.8) is 0 Å². The Kier molecular flexibility index (Phi) is 7.29. The average Bonchev–Trinajstić information content (AvgIpc) is 2.60. The molecule has 2 aromatic rings. The van der Waals surface area contributed by atoms with E-state index < -0.39 is 6.10 Å². The van der Waals surface area contributed by atoms with E-state index in [1.54, 1.807) is 0 Å². The molecule has 3 nitrogen and oxygen atoms in total. The number of aryl methyl sites for hydroxylation is 2. The molecule has 3 N–H and O–H groups in total. The second kappa shape index (κ2) is 9.45. The molecule has 3 heteroatoms. The molecule has 130 valence electrons. The minimum Gasteiger partial charge on any atom is -0.489 e. The Balaban J connectivity index is 1.87. The van der Waals surface area contributed by atoms with Gasteiger partial charge in [0.15, 0.2) is 0 Å². The normalized spacial score (nSPS) is 13.5. The summed E-state index contributed by atoms with van der Waals surface area (Å²) in [4.78, 5) is 0. The summed E-state index contributed by atoms with van der Waals surface area (Å²) in [7, 11) is 0. The number of ether oxygens (including phenoxy) is 1. The molecule has 0 heterocycles. The molecule has 2 atom stereocenters. The number of nitrogens with two attached hydrogens (primary N) is 1. The van der Waals surface area contributed by atoms with Crippen LogP contribution in [0.2, 0.25) is 0 Å². The molecule has 0 bridgehead atoms. The number of aliphatic hydroxyl groups excluding tert-OH is 1. The van der Waals surface area contributed by atoms with Gasteiger partial charge in [-0.3, -0.25) is 0 Å². The highest BCUT2D eigenvalue weighted by atomic mass is 16.5. The monoisotopic (exact) mass is 327 g/mol. The number of rotatable bonds is 9. The molecule has 0 spiro atoms. The van der Waals surface area contributed by atoms with Gasteiger partial charge in [-0.05, 0) is 55.0 Å². The van der Waals surface area contributed by atoms with Gasteiger partial charge in [-0.25, -0.2) is 0 Å². The minimum atomic E-state index is -0.432. The molecule has 0 aliphatic carbocycles. The molecule has 0 saturated carbocycles. The van der Waals surface area contributed by atoms with Crippen LogP contribution in [0.25, 0.3) is 0 Å². The van der Waals surface area contributed by atoms with Crippen LogP contribution in [0.15, 0.2) is 48.5 Å². The zero-order valence-corrected chi connectivity index (χ0v) is 14.7. The quantitative estimate of drug-likeness (QED) is 0.732. The summed E-state index contributed by atoms with van der Waals surface area (Å²) >= 11 is 0. The summed E-state index contributed by atoms with van der Waals surface area (Å²) in [5, 5.41) is 10.1. The molecular weight excluding hydrogens is 298 g/mol. The maximum absolute atomic E-state index is 10.1. The highest BCUT2D eigenvalue weighted by molar-refractivity contribution is 5.35. The predicted octanol–water partition coefficient (Wildman–Crippen LogP) is 3.99. The lowest BCUT2D eigenvalue weighted by atomic mass is 9.97. The summed E-state index contributed by atoms with van der Waals surface area (Å²) in [5.41, 5.74) is 9.57. The third-order valence-corrected chi connectivity index (χ3v) is 4.39. The molecule has 0 amide bonds. The Morgan fingerprint density at radius 1 is 1.08 bits per heavy atom. The van der Waals surface area contributed by atoms with Crippen molar-refractivity contribution in [3.05, 3.63) is 65.2 Å². The van der Waals surface area contributed by atoms with E-state index in [0.29, 0.717) is 13.0 Å². The van der Waals surface area contributed by atoms with E-state index in [0.717, 1.165) is 30.6 Å². The van der Waals surface area contributed by atoms with Crippen molar-refractivity contribution >= 4 is 0 Å². The molecule has 2 unspecified atom stereocenters. The van der Waals surface area contributed by atoms with Crippen molar-refractivity contribution in [1.82, 2.24) is 0 Å². The van der Waals surface area contributed by atoms with Crippen molar-refractivity contribution in [2.75, 3.05) is 0 Å². The first-order valence-corrected chi connectivity index (χ1v) is 8.80. The van der Waals surface area contributed by atoms with Crippen LogP contribution in [-0.2, 0) is 13.0 Å². The lowest BCUT2D eigenvalue weighted by Gasteiger charge is -2.18.